The Morgan fingerprint density at radius 1 is 1.32 bits per heavy atom. The molecule has 0 spiro atoms. The van der Waals surface area contributed by atoms with Crippen molar-refractivity contribution in [2.75, 3.05) is 39.2 Å². The topological polar surface area (TPSA) is 54.9 Å². The van der Waals surface area contributed by atoms with Crippen molar-refractivity contribution in [3.05, 3.63) is 24.3 Å². The fraction of sp³-hybridized carbons (Fsp3) is 0.500. The minimum Gasteiger partial charge on any atom is -0.493 e. The first-order valence-corrected chi connectivity index (χ1v) is 6.49. The van der Waals surface area contributed by atoms with Gasteiger partial charge in [-0.1, -0.05) is 6.07 Å². The Morgan fingerprint density at radius 2 is 2.16 bits per heavy atom. The molecule has 2 N–H and O–H groups in total. The third kappa shape index (κ3) is 6.10. The molecule has 5 heteroatoms. The molecule has 0 saturated carbocycles. The lowest BCUT2D eigenvalue weighted by atomic mass is 10.3. The van der Waals surface area contributed by atoms with Crippen LogP contribution < -0.4 is 15.4 Å². The average Bonchev–Trinajstić information content (AvgIpc) is 2.43. The van der Waals surface area contributed by atoms with Crippen molar-refractivity contribution in [2.24, 2.45) is 4.99 Å². The molecule has 1 aromatic rings. The van der Waals surface area contributed by atoms with Gasteiger partial charge in [-0.15, -0.1) is 0 Å². The van der Waals surface area contributed by atoms with E-state index in [1.54, 1.807) is 14.2 Å². The maximum atomic E-state index is 5.64. The van der Waals surface area contributed by atoms with Crippen molar-refractivity contribution >= 4 is 11.6 Å². The largest absolute Gasteiger partial charge is 0.493 e. The summed E-state index contributed by atoms with van der Waals surface area (Å²) < 4.78 is 10.6. The maximum absolute atomic E-state index is 5.64. The zero-order valence-electron chi connectivity index (χ0n) is 11.9. The predicted molar refractivity (Wildman–Crippen MR) is 79.1 cm³/mol. The van der Waals surface area contributed by atoms with Gasteiger partial charge in [0, 0.05) is 45.5 Å². The zero-order valence-corrected chi connectivity index (χ0v) is 11.9. The van der Waals surface area contributed by atoms with Crippen molar-refractivity contribution < 1.29 is 9.47 Å². The average molecular weight is 265 g/mol. The van der Waals surface area contributed by atoms with Crippen LogP contribution in [0.1, 0.15) is 13.3 Å². The quantitative estimate of drug-likeness (QED) is 0.450. The molecule has 0 bridgehead atoms. The molecular formula is C14H23N3O2. The van der Waals surface area contributed by atoms with Gasteiger partial charge in [0.25, 0.3) is 0 Å². The van der Waals surface area contributed by atoms with E-state index in [0.29, 0.717) is 13.2 Å². The van der Waals surface area contributed by atoms with Crippen LogP contribution in [0.2, 0.25) is 0 Å². The highest BCUT2D eigenvalue weighted by molar-refractivity contribution is 5.93. The van der Waals surface area contributed by atoms with Crippen LogP contribution in [0.15, 0.2) is 29.3 Å². The minimum atomic E-state index is 0.652. The van der Waals surface area contributed by atoms with E-state index in [2.05, 4.69) is 15.6 Å². The number of rotatable bonds is 7. The molecule has 0 aliphatic carbocycles. The lowest BCUT2D eigenvalue weighted by Gasteiger charge is -2.12. The highest BCUT2D eigenvalue weighted by Gasteiger charge is 2.00. The fourth-order valence-corrected chi connectivity index (χ4v) is 1.54. The SMILES string of the molecule is CCNC(=NC)Nc1cccc(OCCCOC)c1. The zero-order chi connectivity index (χ0) is 13.9. The number of nitrogens with one attached hydrogen (secondary N) is 2. The molecule has 1 aromatic carbocycles. The van der Waals surface area contributed by atoms with Crippen molar-refractivity contribution in [3.63, 3.8) is 0 Å². The Hall–Kier alpha value is -1.75. The van der Waals surface area contributed by atoms with Crippen LogP contribution in [0.25, 0.3) is 0 Å². The molecular weight excluding hydrogens is 242 g/mol. The first-order valence-electron chi connectivity index (χ1n) is 6.49. The predicted octanol–water partition coefficient (Wildman–Crippen LogP) is 2.11. The highest BCUT2D eigenvalue weighted by atomic mass is 16.5. The van der Waals surface area contributed by atoms with E-state index in [0.717, 1.165) is 30.4 Å². The molecule has 0 heterocycles. The third-order valence-electron chi connectivity index (χ3n) is 2.43. The number of aliphatic imine (C=N–C) groups is 1. The molecule has 0 aliphatic rings. The molecule has 106 valence electrons. The summed E-state index contributed by atoms with van der Waals surface area (Å²) in [5.41, 5.74) is 0.950. The summed E-state index contributed by atoms with van der Waals surface area (Å²) in [4.78, 5) is 4.13. The molecule has 19 heavy (non-hydrogen) atoms. The molecule has 1 rings (SSSR count). The first-order chi connectivity index (χ1) is 9.30. The Morgan fingerprint density at radius 3 is 2.84 bits per heavy atom. The molecule has 0 saturated heterocycles. The summed E-state index contributed by atoms with van der Waals surface area (Å²) >= 11 is 0. The van der Waals surface area contributed by atoms with Crippen LogP contribution in [0, 0.1) is 0 Å². The first kappa shape index (κ1) is 15.3. The maximum Gasteiger partial charge on any atom is 0.195 e. The summed E-state index contributed by atoms with van der Waals surface area (Å²) in [5, 5.41) is 6.35. The number of nitrogens with zero attached hydrogens (tertiary/aromatic N) is 1. The van der Waals surface area contributed by atoms with E-state index in [1.165, 1.54) is 0 Å². The molecule has 0 radical (unpaired) electrons. The number of methoxy groups -OCH3 is 1. The Kier molecular flexibility index (Phi) is 7.43. The molecule has 0 aliphatic heterocycles. The summed E-state index contributed by atoms with van der Waals surface area (Å²) in [6.07, 6.45) is 0.882. The van der Waals surface area contributed by atoms with Gasteiger partial charge in [-0.25, -0.2) is 0 Å². The number of ether oxygens (including phenoxy) is 2. The van der Waals surface area contributed by atoms with Gasteiger partial charge in [0.1, 0.15) is 5.75 Å². The monoisotopic (exact) mass is 265 g/mol. The van der Waals surface area contributed by atoms with Gasteiger partial charge in [-0.05, 0) is 19.1 Å². The van der Waals surface area contributed by atoms with E-state index >= 15 is 0 Å². The molecule has 0 fully saturated rings. The molecule has 5 nitrogen and oxygen atoms in total. The van der Waals surface area contributed by atoms with E-state index in [4.69, 9.17) is 9.47 Å². The Balaban J connectivity index is 2.51. The minimum absolute atomic E-state index is 0.652. The normalized spacial score (nSPS) is 11.2. The van der Waals surface area contributed by atoms with Gasteiger partial charge in [-0.3, -0.25) is 4.99 Å². The van der Waals surface area contributed by atoms with E-state index in [1.807, 2.05) is 31.2 Å². The third-order valence-corrected chi connectivity index (χ3v) is 2.43. The lowest BCUT2D eigenvalue weighted by Crippen LogP contribution is -2.30. The lowest BCUT2D eigenvalue weighted by molar-refractivity contribution is 0.172. The molecule has 0 amide bonds. The summed E-state index contributed by atoms with van der Waals surface area (Å²) in [6.45, 7) is 4.22. The van der Waals surface area contributed by atoms with Gasteiger partial charge >= 0.3 is 0 Å². The van der Waals surface area contributed by atoms with Crippen molar-refractivity contribution in [1.82, 2.24) is 5.32 Å². The van der Waals surface area contributed by atoms with E-state index in [-0.39, 0.29) is 0 Å². The second-order valence-electron chi connectivity index (χ2n) is 3.95. The molecule has 0 aromatic heterocycles. The van der Waals surface area contributed by atoms with Crippen LogP contribution in [-0.2, 0) is 4.74 Å². The number of anilines is 1. The van der Waals surface area contributed by atoms with Crippen LogP contribution in [0.5, 0.6) is 5.75 Å². The summed E-state index contributed by atoms with van der Waals surface area (Å²) in [7, 11) is 3.44. The molecule has 0 unspecified atom stereocenters. The van der Waals surface area contributed by atoms with Crippen LogP contribution >= 0.6 is 0 Å². The number of hydrogen-bond donors (Lipinski definition) is 2. The van der Waals surface area contributed by atoms with Gasteiger partial charge in [0.2, 0.25) is 0 Å². The smallest absolute Gasteiger partial charge is 0.195 e. The number of hydrogen-bond acceptors (Lipinski definition) is 3. The number of guanidine groups is 1. The van der Waals surface area contributed by atoms with Gasteiger partial charge in [0.05, 0.1) is 6.61 Å². The summed E-state index contributed by atoms with van der Waals surface area (Å²) in [5.74, 6) is 1.59. The number of benzene rings is 1. The van der Waals surface area contributed by atoms with Gasteiger partial charge in [-0.2, -0.15) is 0 Å². The second kappa shape index (κ2) is 9.22. The highest BCUT2D eigenvalue weighted by Crippen LogP contribution is 2.17. The van der Waals surface area contributed by atoms with Crippen LogP contribution in [0.3, 0.4) is 0 Å². The van der Waals surface area contributed by atoms with Crippen molar-refractivity contribution in [2.45, 2.75) is 13.3 Å². The van der Waals surface area contributed by atoms with E-state index in [9.17, 15) is 0 Å². The Labute approximate surface area is 115 Å². The van der Waals surface area contributed by atoms with Gasteiger partial charge in [0.15, 0.2) is 5.96 Å². The summed E-state index contributed by atoms with van der Waals surface area (Å²) in [6, 6.07) is 7.82. The van der Waals surface area contributed by atoms with E-state index < -0.39 is 0 Å². The second-order valence-corrected chi connectivity index (χ2v) is 3.95. The van der Waals surface area contributed by atoms with Gasteiger partial charge < -0.3 is 20.1 Å². The van der Waals surface area contributed by atoms with Crippen molar-refractivity contribution in [1.29, 1.82) is 0 Å². The molecule has 0 atom stereocenters. The van der Waals surface area contributed by atoms with Crippen molar-refractivity contribution in [3.8, 4) is 5.75 Å². The fourth-order valence-electron chi connectivity index (χ4n) is 1.54. The van der Waals surface area contributed by atoms with Crippen LogP contribution in [0.4, 0.5) is 5.69 Å². The van der Waals surface area contributed by atoms with Crippen LogP contribution in [-0.4, -0.2) is 39.9 Å². The standard InChI is InChI=1S/C14H23N3O2/c1-4-16-14(15-2)17-12-7-5-8-13(11-12)19-10-6-9-18-3/h5,7-8,11H,4,6,9-10H2,1-3H3,(H2,15,16,17). The Bertz CT molecular complexity index is 394.